The van der Waals surface area contributed by atoms with E-state index >= 15 is 0 Å². The monoisotopic (exact) mass is 330 g/mol. The zero-order valence-corrected chi connectivity index (χ0v) is 13.5. The molecule has 2 aliphatic rings. The number of rotatable bonds is 2. The van der Waals surface area contributed by atoms with Gasteiger partial charge in [-0.2, -0.15) is 0 Å². The lowest BCUT2D eigenvalue weighted by atomic mass is 9.74. The standard InChI is InChI=1S/C18H19FN2O3/c1-11-6-16(14-7-13(19)2-3-15(14)20-11)21-8-12-9-24-5-4-18(12,10-21)17(22)23/h2-3,6-7,12H,4-5,8-10H2,1H3,(H,22,23)/t12-,18+/m1/s1. The van der Waals surface area contributed by atoms with E-state index in [1.54, 1.807) is 6.07 Å². The van der Waals surface area contributed by atoms with Crippen molar-refractivity contribution in [1.29, 1.82) is 0 Å². The van der Waals surface area contributed by atoms with Crippen LogP contribution in [-0.4, -0.2) is 42.4 Å². The highest BCUT2D eigenvalue weighted by molar-refractivity contribution is 5.92. The molecule has 2 aromatic rings. The van der Waals surface area contributed by atoms with Crippen molar-refractivity contribution < 1.29 is 19.0 Å². The molecule has 4 rings (SSSR count). The first-order chi connectivity index (χ1) is 11.5. The topological polar surface area (TPSA) is 62.7 Å². The van der Waals surface area contributed by atoms with Gasteiger partial charge >= 0.3 is 5.97 Å². The van der Waals surface area contributed by atoms with E-state index in [-0.39, 0.29) is 11.7 Å². The van der Waals surface area contributed by atoms with Gasteiger partial charge in [-0.15, -0.1) is 0 Å². The van der Waals surface area contributed by atoms with Crippen LogP contribution in [0.1, 0.15) is 12.1 Å². The van der Waals surface area contributed by atoms with E-state index in [1.165, 1.54) is 12.1 Å². The maximum absolute atomic E-state index is 13.7. The van der Waals surface area contributed by atoms with Crippen molar-refractivity contribution >= 4 is 22.6 Å². The van der Waals surface area contributed by atoms with Crippen molar-refractivity contribution in [2.24, 2.45) is 11.3 Å². The summed E-state index contributed by atoms with van der Waals surface area (Å²) >= 11 is 0. The Hall–Kier alpha value is -2.21. The van der Waals surface area contributed by atoms with Crippen LogP contribution < -0.4 is 4.90 Å². The number of carbonyl (C=O) groups is 1. The summed E-state index contributed by atoms with van der Waals surface area (Å²) < 4.78 is 19.3. The van der Waals surface area contributed by atoms with Gasteiger partial charge in [0.1, 0.15) is 5.82 Å². The number of anilines is 1. The fraction of sp³-hybridized carbons (Fsp3) is 0.444. The molecule has 1 N–H and O–H groups in total. The quantitative estimate of drug-likeness (QED) is 0.917. The second-order valence-corrected chi connectivity index (χ2v) is 6.81. The van der Waals surface area contributed by atoms with Gasteiger partial charge in [-0.3, -0.25) is 9.78 Å². The van der Waals surface area contributed by atoms with Crippen molar-refractivity contribution in [2.45, 2.75) is 13.3 Å². The number of carboxylic acid groups (broad SMARTS) is 1. The minimum Gasteiger partial charge on any atom is -0.481 e. The SMILES string of the molecule is Cc1cc(N2C[C@@H]3COCC[C@]3(C(=O)O)C2)c2cc(F)ccc2n1. The average molecular weight is 330 g/mol. The van der Waals surface area contributed by atoms with E-state index in [9.17, 15) is 14.3 Å². The van der Waals surface area contributed by atoms with Gasteiger partial charge in [-0.25, -0.2) is 4.39 Å². The number of pyridine rings is 1. The predicted molar refractivity (Wildman–Crippen MR) is 87.6 cm³/mol. The van der Waals surface area contributed by atoms with E-state index in [0.717, 1.165) is 22.3 Å². The van der Waals surface area contributed by atoms with Gasteiger partial charge in [-0.1, -0.05) is 0 Å². The van der Waals surface area contributed by atoms with Crippen LogP contribution in [0.25, 0.3) is 10.9 Å². The lowest BCUT2D eigenvalue weighted by molar-refractivity contribution is -0.157. The van der Waals surface area contributed by atoms with Crippen molar-refractivity contribution in [3.8, 4) is 0 Å². The molecule has 0 spiro atoms. The smallest absolute Gasteiger partial charge is 0.311 e. The predicted octanol–water partition coefficient (Wildman–Crippen LogP) is 2.61. The number of aromatic nitrogens is 1. The molecule has 6 heteroatoms. The zero-order valence-electron chi connectivity index (χ0n) is 13.5. The number of halogens is 1. The molecule has 2 aliphatic heterocycles. The molecule has 0 bridgehead atoms. The summed E-state index contributed by atoms with van der Waals surface area (Å²) in [6.07, 6.45) is 0.514. The van der Waals surface area contributed by atoms with E-state index < -0.39 is 11.4 Å². The highest BCUT2D eigenvalue weighted by atomic mass is 19.1. The molecule has 1 aromatic carbocycles. The van der Waals surface area contributed by atoms with Crippen molar-refractivity contribution in [2.75, 3.05) is 31.2 Å². The van der Waals surface area contributed by atoms with Gasteiger partial charge in [0.15, 0.2) is 0 Å². The normalized spacial score (nSPS) is 26.6. The fourth-order valence-corrected chi connectivity index (χ4v) is 4.05. The van der Waals surface area contributed by atoms with Crippen LogP contribution in [0.4, 0.5) is 10.1 Å². The fourth-order valence-electron chi connectivity index (χ4n) is 4.05. The summed E-state index contributed by atoms with van der Waals surface area (Å²) in [5.41, 5.74) is 1.63. The highest BCUT2D eigenvalue weighted by Gasteiger charge is 2.54. The summed E-state index contributed by atoms with van der Waals surface area (Å²) in [4.78, 5) is 18.5. The van der Waals surface area contributed by atoms with E-state index in [0.29, 0.717) is 32.7 Å². The minimum absolute atomic E-state index is 0.0548. The molecule has 0 amide bonds. The highest BCUT2D eigenvalue weighted by Crippen LogP contribution is 2.45. The van der Waals surface area contributed by atoms with Gasteiger partial charge in [0, 0.05) is 42.4 Å². The summed E-state index contributed by atoms with van der Waals surface area (Å²) in [6, 6.07) is 6.45. The van der Waals surface area contributed by atoms with Crippen molar-refractivity contribution in [3.05, 3.63) is 35.8 Å². The summed E-state index contributed by atoms with van der Waals surface area (Å²) in [6.45, 7) is 3.85. The minimum atomic E-state index is -0.783. The summed E-state index contributed by atoms with van der Waals surface area (Å²) in [5, 5.41) is 10.5. The second kappa shape index (κ2) is 5.41. The molecule has 2 fully saturated rings. The van der Waals surface area contributed by atoms with Crippen LogP contribution in [0.15, 0.2) is 24.3 Å². The van der Waals surface area contributed by atoms with Gasteiger partial charge < -0.3 is 14.7 Å². The molecule has 0 radical (unpaired) electrons. The summed E-state index contributed by atoms with van der Waals surface area (Å²) in [7, 11) is 0. The van der Waals surface area contributed by atoms with Crippen molar-refractivity contribution in [1.82, 2.24) is 4.98 Å². The summed E-state index contributed by atoms with van der Waals surface area (Å²) in [5.74, 6) is -1.14. The number of hydrogen-bond donors (Lipinski definition) is 1. The maximum atomic E-state index is 13.7. The third-order valence-electron chi connectivity index (χ3n) is 5.35. The van der Waals surface area contributed by atoms with Gasteiger partial charge in [0.25, 0.3) is 0 Å². The van der Waals surface area contributed by atoms with Crippen LogP contribution in [0.2, 0.25) is 0 Å². The number of ether oxygens (including phenoxy) is 1. The number of aliphatic carboxylic acids is 1. The largest absolute Gasteiger partial charge is 0.481 e. The van der Waals surface area contributed by atoms with Crippen LogP contribution in [-0.2, 0) is 9.53 Å². The van der Waals surface area contributed by atoms with E-state index in [4.69, 9.17) is 4.74 Å². The first-order valence-electron chi connectivity index (χ1n) is 8.13. The first kappa shape index (κ1) is 15.3. The first-order valence-corrected chi connectivity index (χ1v) is 8.13. The van der Waals surface area contributed by atoms with Crippen LogP contribution in [0, 0.1) is 24.1 Å². The Balaban J connectivity index is 1.81. The molecule has 2 atom stereocenters. The zero-order chi connectivity index (χ0) is 16.9. The molecular formula is C18H19FN2O3. The maximum Gasteiger partial charge on any atom is 0.311 e. The Bertz CT molecular complexity index is 825. The average Bonchev–Trinajstić information content (AvgIpc) is 2.95. The second-order valence-electron chi connectivity index (χ2n) is 6.81. The Labute approximate surface area is 139 Å². The molecule has 0 saturated carbocycles. The molecule has 3 heterocycles. The van der Waals surface area contributed by atoms with Crippen molar-refractivity contribution in [3.63, 3.8) is 0 Å². The molecule has 2 saturated heterocycles. The molecule has 0 unspecified atom stereocenters. The number of aryl methyl sites for hydroxylation is 1. The third-order valence-corrected chi connectivity index (χ3v) is 5.35. The van der Waals surface area contributed by atoms with E-state index in [1.807, 2.05) is 13.0 Å². The Morgan fingerprint density at radius 3 is 3.04 bits per heavy atom. The van der Waals surface area contributed by atoms with Crippen LogP contribution >= 0.6 is 0 Å². The number of fused-ring (bicyclic) bond motifs is 2. The van der Waals surface area contributed by atoms with Gasteiger partial charge in [0.2, 0.25) is 0 Å². The molecule has 126 valence electrons. The number of benzene rings is 1. The van der Waals surface area contributed by atoms with Crippen LogP contribution in [0.3, 0.4) is 0 Å². The number of nitrogens with zero attached hydrogens (tertiary/aromatic N) is 2. The third kappa shape index (κ3) is 2.24. The molecule has 1 aromatic heterocycles. The van der Waals surface area contributed by atoms with E-state index in [2.05, 4.69) is 9.88 Å². The Morgan fingerprint density at radius 2 is 2.29 bits per heavy atom. The van der Waals surface area contributed by atoms with Crippen LogP contribution in [0.5, 0.6) is 0 Å². The Kier molecular flexibility index (Phi) is 3.46. The van der Waals surface area contributed by atoms with Gasteiger partial charge in [0.05, 0.1) is 17.5 Å². The molecular weight excluding hydrogens is 311 g/mol. The number of carboxylic acids is 1. The molecule has 0 aliphatic carbocycles. The lowest BCUT2D eigenvalue weighted by Gasteiger charge is -2.34. The number of hydrogen-bond acceptors (Lipinski definition) is 4. The molecule has 24 heavy (non-hydrogen) atoms. The van der Waals surface area contributed by atoms with Gasteiger partial charge in [-0.05, 0) is 37.6 Å². The lowest BCUT2D eigenvalue weighted by Crippen LogP contribution is -2.44. The molecule has 5 nitrogen and oxygen atoms in total. The Morgan fingerprint density at radius 1 is 1.46 bits per heavy atom.